The van der Waals surface area contributed by atoms with Gasteiger partial charge in [0.05, 0.1) is 23.1 Å². The highest BCUT2D eigenvalue weighted by Crippen LogP contribution is 2.33. The van der Waals surface area contributed by atoms with E-state index in [1.165, 1.54) is 24.4 Å². The first-order valence-corrected chi connectivity index (χ1v) is 5.30. The summed E-state index contributed by atoms with van der Waals surface area (Å²) >= 11 is 0. The van der Waals surface area contributed by atoms with E-state index in [0.29, 0.717) is 18.7 Å². The molecule has 0 saturated carbocycles. The highest BCUT2D eigenvalue weighted by molar-refractivity contribution is 5.42. The highest BCUT2D eigenvalue weighted by atomic mass is 19.4. The van der Waals surface area contributed by atoms with Crippen molar-refractivity contribution in [1.29, 1.82) is 0 Å². The fourth-order valence-electron chi connectivity index (χ4n) is 1.59. The van der Waals surface area contributed by atoms with Gasteiger partial charge < -0.3 is 5.73 Å². The van der Waals surface area contributed by atoms with Crippen molar-refractivity contribution in [3.63, 3.8) is 0 Å². The van der Waals surface area contributed by atoms with E-state index in [1.54, 1.807) is 0 Å². The summed E-state index contributed by atoms with van der Waals surface area (Å²) in [5, 5.41) is 7.46. The smallest absolute Gasteiger partial charge is 0.330 e. The van der Waals surface area contributed by atoms with Crippen LogP contribution >= 0.6 is 0 Å². The maximum atomic E-state index is 12.8. The Bertz CT molecular complexity index is 533. The first-order chi connectivity index (χ1) is 8.52. The van der Waals surface area contributed by atoms with Gasteiger partial charge in [0.2, 0.25) is 0 Å². The fourth-order valence-corrected chi connectivity index (χ4v) is 1.59. The van der Waals surface area contributed by atoms with Crippen LogP contribution < -0.4 is 5.73 Å². The SMILES string of the molecule is NCCc1cn(-c2ccccc2C(F)(F)F)nn1. The third-order valence-corrected chi connectivity index (χ3v) is 2.40. The quantitative estimate of drug-likeness (QED) is 0.910. The van der Waals surface area contributed by atoms with E-state index >= 15 is 0 Å². The Balaban J connectivity index is 2.43. The average molecular weight is 256 g/mol. The molecule has 0 aliphatic heterocycles. The van der Waals surface area contributed by atoms with Crippen molar-refractivity contribution in [2.24, 2.45) is 5.73 Å². The molecule has 96 valence electrons. The van der Waals surface area contributed by atoms with Gasteiger partial charge in [0.15, 0.2) is 0 Å². The Morgan fingerprint density at radius 1 is 1.22 bits per heavy atom. The minimum absolute atomic E-state index is 0.0410. The molecule has 0 fully saturated rings. The minimum atomic E-state index is -4.42. The summed E-state index contributed by atoms with van der Waals surface area (Å²) in [5.74, 6) is 0. The molecular weight excluding hydrogens is 245 g/mol. The van der Waals surface area contributed by atoms with Crippen LogP contribution in [-0.2, 0) is 12.6 Å². The summed E-state index contributed by atoms with van der Waals surface area (Å²) in [5.41, 5.74) is 5.13. The predicted octanol–water partition coefficient (Wildman–Crippen LogP) is 1.79. The van der Waals surface area contributed by atoms with Crippen LogP contribution in [0, 0.1) is 0 Å². The summed E-state index contributed by atoms with van der Waals surface area (Å²) in [6, 6.07) is 5.22. The van der Waals surface area contributed by atoms with E-state index in [-0.39, 0.29) is 5.69 Å². The van der Waals surface area contributed by atoms with Gasteiger partial charge in [0, 0.05) is 6.42 Å². The van der Waals surface area contributed by atoms with Crippen molar-refractivity contribution in [3.05, 3.63) is 41.7 Å². The Morgan fingerprint density at radius 2 is 1.94 bits per heavy atom. The summed E-state index contributed by atoms with van der Waals surface area (Å²) in [4.78, 5) is 0. The van der Waals surface area contributed by atoms with Crippen LogP contribution in [0.4, 0.5) is 13.2 Å². The van der Waals surface area contributed by atoms with Crippen LogP contribution in [0.2, 0.25) is 0 Å². The van der Waals surface area contributed by atoms with Crippen molar-refractivity contribution in [2.75, 3.05) is 6.54 Å². The van der Waals surface area contributed by atoms with E-state index in [0.717, 1.165) is 10.7 Å². The van der Waals surface area contributed by atoms with Crippen LogP contribution in [0.3, 0.4) is 0 Å². The number of hydrogen-bond acceptors (Lipinski definition) is 3. The van der Waals surface area contributed by atoms with Gasteiger partial charge in [-0.1, -0.05) is 17.3 Å². The molecule has 18 heavy (non-hydrogen) atoms. The van der Waals surface area contributed by atoms with Crippen LogP contribution in [0.25, 0.3) is 5.69 Å². The second-order valence-electron chi connectivity index (χ2n) is 3.71. The van der Waals surface area contributed by atoms with Crippen molar-refractivity contribution in [2.45, 2.75) is 12.6 Å². The lowest BCUT2D eigenvalue weighted by Gasteiger charge is -2.11. The molecule has 1 heterocycles. The molecule has 7 heteroatoms. The van der Waals surface area contributed by atoms with Crippen LogP contribution in [0.15, 0.2) is 30.5 Å². The number of halogens is 3. The van der Waals surface area contributed by atoms with Gasteiger partial charge in [-0.2, -0.15) is 13.2 Å². The van der Waals surface area contributed by atoms with E-state index in [2.05, 4.69) is 10.3 Å². The molecule has 0 aliphatic carbocycles. The Labute approximate surface area is 101 Å². The molecular formula is C11H11F3N4. The number of nitrogens with two attached hydrogens (primary N) is 1. The van der Waals surface area contributed by atoms with Gasteiger partial charge in [-0.15, -0.1) is 5.10 Å². The second-order valence-corrected chi connectivity index (χ2v) is 3.71. The lowest BCUT2D eigenvalue weighted by Crippen LogP contribution is -2.11. The first kappa shape index (κ1) is 12.6. The number of para-hydroxylation sites is 1. The number of aromatic nitrogens is 3. The van der Waals surface area contributed by atoms with Gasteiger partial charge in [0.25, 0.3) is 0 Å². The first-order valence-electron chi connectivity index (χ1n) is 5.30. The molecule has 0 aliphatic rings. The minimum Gasteiger partial charge on any atom is -0.330 e. The zero-order chi connectivity index (χ0) is 13.2. The fraction of sp³-hybridized carbons (Fsp3) is 0.273. The molecule has 0 bridgehead atoms. The lowest BCUT2D eigenvalue weighted by molar-refractivity contribution is -0.137. The molecule has 1 aromatic carbocycles. The van der Waals surface area contributed by atoms with Gasteiger partial charge in [-0.25, -0.2) is 4.68 Å². The average Bonchev–Trinajstić information content (AvgIpc) is 2.77. The summed E-state index contributed by atoms with van der Waals surface area (Å²) < 4.78 is 39.5. The largest absolute Gasteiger partial charge is 0.418 e. The van der Waals surface area contributed by atoms with Crippen LogP contribution in [0.1, 0.15) is 11.3 Å². The Morgan fingerprint density at radius 3 is 2.61 bits per heavy atom. The van der Waals surface area contributed by atoms with E-state index in [4.69, 9.17) is 5.73 Å². The molecule has 0 saturated heterocycles. The van der Waals surface area contributed by atoms with E-state index < -0.39 is 11.7 Å². The maximum Gasteiger partial charge on any atom is 0.418 e. The Hall–Kier alpha value is -1.89. The second kappa shape index (κ2) is 4.77. The number of alkyl halides is 3. The zero-order valence-electron chi connectivity index (χ0n) is 9.35. The van der Waals surface area contributed by atoms with Crippen LogP contribution in [-0.4, -0.2) is 21.5 Å². The number of nitrogens with zero attached hydrogens (tertiary/aromatic N) is 3. The molecule has 0 spiro atoms. The Kier molecular flexibility index (Phi) is 3.33. The normalized spacial score (nSPS) is 11.8. The van der Waals surface area contributed by atoms with Gasteiger partial charge in [0.1, 0.15) is 0 Å². The molecule has 2 rings (SSSR count). The summed E-state index contributed by atoms with van der Waals surface area (Å²) in [7, 11) is 0. The lowest BCUT2D eigenvalue weighted by atomic mass is 10.1. The number of benzene rings is 1. The molecule has 0 radical (unpaired) electrons. The maximum absolute atomic E-state index is 12.8. The molecule has 0 amide bonds. The third-order valence-electron chi connectivity index (χ3n) is 2.40. The molecule has 0 unspecified atom stereocenters. The van der Waals surface area contributed by atoms with Gasteiger partial charge in [-0.05, 0) is 18.7 Å². The van der Waals surface area contributed by atoms with E-state index in [9.17, 15) is 13.2 Å². The molecule has 1 aromatic heterocycles. The van der Waals surface area contributed by atoms with Crippen LogP contribution in [0.5, 0.6) is 0 Å². The standard InChI is InChI=1S/C11H11F3N4/c12-11(13,14)9-3-1-2-4-10(9)18-7-8(5-6-15)16-17-18/h1-4,7H,5-6,15H2. The van der Waals surface area contributed by atoms with Crippen molar-refractivity contribution < 1.29 is 13.2 Å². The van der Waals surface area contributed by atoms with Crippen molar-refractivity contribution >= 4 is 0 Å². The molecule has 4 nitrogen and oxygen atoms in total. The van der Waals surface area contributed by atoms with Gasteiger partial charge >= 0.3 is 6.18 Å². The van der Waals surface area contributed by atoms with Crippen molar-refractivity contribution in [3.8, 4) is 5.69 Å². The zero-order valence-corrected chi connectivity index (χ0v) is 9.35. The monoisotopic (exact) mass is 256 g/mol. The highest BCUT2D eigenvalue weighted by Gasteiger charge is 2.33. The molecule has 2 aromatic rings. The van der Waals surface area contributed by atoms with E-state index in [1.807, 2.05) is 0 Å². The van der Waals surface area contributed by atoms with Crippen molar-refractivity contribution in [1.82, 2.24) is 15.0 Å². The number of hydrogen-bond donors (Lipinski definition) is 1. The summed E-state index contributed by atoms with van der Waals surface area (Å²) in [6.07, 6.45) is -2.48. The predicted molar refractivity (Wildman–Crippen MR) is 59.1 cm³/mol. The number of rotatable bonds is 3. The topological polar surface area (TPSA) is 56.7 Å². The summed E-state index contributed by atoms with van der Waals surface area (Å²) in [6.45, 7) is 0.375. The molecule has 0 atom stereocenters. The van der Waals surface area contributed by atoms with Gasteiger partial charge in [-0.3, -0.25) is 0 Å². The third kappa shape index (κ3) is 2.51. The molecule has 2 N–H and O–H groups in total.